The molecule has 4 heteroatoms. The monoisotopic (exact) mass is 262 g/mol. The summed E-state index contributed by atoms with van der Waals surface area (Å²) < 4.78 is 4.86. The summed E-state index contributed by atoms with van der Waals surface area (Å²) in [5, 5.41) is 0. The van der Waals surface area contributed by atoms with Crippen molar-refractivity contribution in [3.8, 4) is 0 Å². The van der Waals surface area contributed by atoms with Gasteiger partial charge in [0.05, 0.1) is 18.4 Å². The van der Waals surface area contributed by atoms with Gasteiger partial charge in [-0.05, 0) is 36.5 Å². The maximum Gasteiger partial charge on any atom is 0.340 e. The zero-order valence-corrected chi connectivity index (χ0v) is 11.8. The lowest BCUT2D eigenvalue weighted by molar-refractivity contribution is 0.0601. The van der Waals surface area contributed by atoms with E-state index < -0.39 is 0 Å². The SMILES string of the molecule is COC(=O)c1cc(N)ccc1N1C[C@H](C)C[C@H](C)C1. The van der Waals surface area contributed by atoms with Gasteiger partial charge in [-0.25, -0.2) is 4.79 Å². The number of anilines is 2. The minimum absolute atomic E-state index is 0.326. The van der Waals surface area contributed by atoms with Gasteiger partial charge in [-0.2, -0.15) is 0 Å². The number of rotatable bonds is 2. The molecule has 0 aliphatic carbocycles. The van der Waals surface area contributed by atoms with Gasteiger partial charge in [0.15, 0.2) is 0 Å². The lowest BCUT2D eigenvalue weighted by atomic mass is 9.91. The van der Waals surface area contributed by atoms with E-state index in [4.69, 9.17) is 10.5 Å². The van der Waals surface area contributed by atoms with Crippen molar-refractivity contribution in [1.29, 1.82) is 0 Å². The highest BCUT2D eigenvalue weighted by Gasteiger charge is 2.25. The van der Waals surface area contributed by atoms with Crippen LogP contribution in [0.3, 0.4) is 0 Å². The third kappa shape index (κ3) is 3.00. The Kier molecular flexibility index (Phi) is 3.98. The Bertz CT molecular complexity index is 463. The summed E-state index contributed by atoms with van der Waals surface area (Å²) >= 11 is 0. The molecule has 1 aliphatic rings. The number of hydrogen-bond acceptors (Lipinski definition) is 4. The molecule has 0 bridgehead atoms. The summed E-state index contributed by atoms with van der Waals surface area (Å²) in [6.07, 6.45) is 1.24. The number of methoxy groups -OCH3 is 1. The van der Waals surface area contributed by atoms with Crippen LogP contribution in [-0.2, 0) is 4.74 Å². The lowest BCUT2D eigenvalue weighted by Crippen LogP contribution is -2.39. The molecule has 19 heavy (non-hydrogen) atoms. The summed E-state index contributed by atoms with van der Waals surface area (Å²) in [5.74, 6) is 0.937. The Labute approximate surface area is 114 Å². The Morgan fingerprint density at radius 2 is 1.95 bits per heavy atom. The van der Waals surface area contributed by atoms with Gasteiger partial charge in [0.25, 0.3) is 0 Å². The van der Waals surface area contributed by atoms with Crippen LogP contribution >= 0.6 is 0 Å². The number of nitrogen functional groups attached to an aromatic ring is 1. The minimum Gasteiger partial charge on any atom is -0.465 e. The number of ether oxygens (including phenoxy) is 1. The predicted octanol–water partition coefficient (Wildman–Crippen LogP) is 2.54. The van der Waals surface area contributed by atoms with Crippen LogP contribution < -0.4 is 10.6 Å². The number of esters is 1. The fraction of sp³-hybridized carbons (Fsp3) is 0.533. The molecule has 104 valence electrons. The van der Waals surface area contributed by atoms with Gasteiger partial charge >= 0.3 is 5.97 Å². The first-order chi connectivity index (χ1) is 9.01. The molecule has 0 radical (unpaired) electrons. The fourth-order valence-corrected chi connectivity index (χ4v) is 2.96. The molecule has 0 saturated carbocycles. The molecule has 0 aromatic heterocycles. The number of piperidine rings is 1. The van der Waals surface area contributed by atoms with E-state index in [0.717, 1.165) is 18.8 Å². The molecular formula is C15H22N2O2. The van der Waals surface area contributed by atoms with Crippen LogP contribution in [0.15, 0.2) is 18.2 Å². The summed E-state index contributed by atoms with van der Waals surface area (Å²) in [6, 6.07) is 5.46. The van der Waals surface area contributed by atoms with Crippen LogP contribution in [0.4, 0.5) is 11.4 Å². The van der Waals surface area contributed by atoms with Gasteiger partial charge < -0.3 is 15.4 Å². The van der Waals surface area contributed by atoms with Crippen LogP contribution in [0.5, 0.6) is 0 Å². The Hall–Kier alpha value is -1.71. The van der Waals surface area contributed by atoms with E-state index in [-0.39, 0.29) is 5.97 Å². The highest BCUT2D eigenvalue weighted by molar-refractivity contribution is 5.97. The Morgan fingerprint density at radius 1 is 1.32 bits per heavy atom. The second-order valence-electron chi connectivity index (χ2n) is 5.62. The van der Waals surface area contributed by atoms with Gasteiger partial charge in [0.1, 0.15) is 0 Å². The van der Waals surface area contributed by atoms with E-state index >= 15 is 0 Å². The predicted molar refractivity (Wildman–Crippen MR) is 77.4 cm³/mol. The van der Waals surface area contributed by atoms with Gasteiger partial charge in [-0.3, -0.25) is 0 Å². The van der Waals surface area contributed by atoms with E-state index in [2.05, 4.69) is 18.7 Å². The maximum atomic E-state index is 11.9. The number of carbonyl (C=O) groups is 1. The van der Waals surface area contributed by atoms with Crippen LogP contribution in [0.1, 0.15) is 30.6 Å². The third-order valence-electron chi connectivity index (χ3n) is 3.64. The van der Waals surface area contributed by atoms with Crippen molar-refractivity contribution in [2.75, 3.05) is 30.8 Å². The summed E-state index contributed by atoms with van der Waals surface area (Å²) in [6.45, 7) is 6.44. The molecule has 2 rings (SSSR count). The van der Waals surface area contributed by atoms with E-state index in [1.165, 1.54) is 13.5 Å². The van der Waals surface area contributed by atoms with Crippen LogP contribution in [0, 0.1) is 11.8 Å². The van der Waals surface area contributed by atoms with E-state index in [1.54, 1.807) is 6.07 Å². The van der Waals surface area contributed by atoms with Crippen molar-refractivity contribution in [1.82, 2.24) is 0 Å². The number of benzene rings is 1. The van der Waals surface area contributed by atoms with E-state index in [0.29, 0.717) is 23.1 Å². The first-order valence-corrected chi connectivity index (χ1v) is 6.74. The molecule has 1 aromatic rings. The molecule has 1 fully saturated rings. The molecule has 1 saturated heterocycles. The average molecular weight is 262 g/mol. The molecule has 0 unspecified atom stereocenters. The van der Waals surface area contributed by atoms with Crippen molar-refractivity contribution < 1.29 is 9.53 Å². The largest absolute Gasteiger partial charge is 0.465 e. The smallest absolute Gasteiger partial charge is 0.340 e. The molecule has 0 spiro atoms. The topological polar surface area (TPSA) is 55.6 Å². The molecule has 4 nitrogen and oxygen atoms in total. The molecule has 1 heterocycles. The van der Waals surface area contributed by atoms with E-state index in [9.17, 15) is 4.79 Å². The van der Waals surface area contributed by atoms with Crippen LogP contribution in [-0.4, -0.2) is 26.2 Å². The molecule has 1 aromatic carbocycles. The molecule has 1 aliphatic heterocycles. The van der Waals surface area contributed by atoms with Gasteiger partial charge in [0, 0.05) is 18.8 Å². The van der Waals surface area contributed by atoms with Crippen LogP contribution in [0.25, 0.3) is 0 Å². The number of nitrogens with two attached hydrogens (primary N) is 1. The standard InChI is InChI=1S/C15H22N2O2/c1-10-6-11(2)9-17(8-10)14-5-4-12(16)7-13(14)15(18)19-3/h4-5,7,10-11H,6,8-9,16H2,1-3H3/t10-,11+. The van der Waals surface area contributed by atoms with Gasteiger partial charge in [-0.1, -0.05) is 13.8 Å². The summed E-state index contributed by atoms with van der Waals surface area (Å²) in [4.78, 5) is 14.2. The quantitative estimate of drug-likeness (QED) is 0.657. The number of nitrogens with zero attached hydrogens (tertiary/aromatic N) is 1. The first-order valence-electron chi connectivity index (χ1n) is 6.74. The molecular weight excluding hydrogens is 240 g/mol. The highest BCUT2D eigenvalue weighted by atomic mass is 16.5. The highest BCUT2D eigenvalue weighted by Crippen LogP contribution is 2.30. The fourth-order valence-electron chi connectivity index (χ4n) is 2.96. The third-order valence-corrected chi connectivity index (χ3v) is 3.64. The molecule has 2 N–H and O–H groups in total. The zero-order chi connectivity index (χ0) is 14.0. The van der Waals surface area contributed by atoms with E-state index in [1.807, 2.05) is 12.1 Å². The first kappa shape index (κ1) is 13.7. The minimum atomic E-state index is -0.326. The second kappa shape index (κ2) is 5.51. The second-order valence-corrected chi connectivity index (χ2v) is 5.62. The van der Waals surface area contributed by atoms with Gasteiger partial charge in [-0.15, -0.1) is 0 Å². The summed E-state index contributed by atoms with van der Waals surface area (Å²) in [5.41, 5.74) is 7.85. The molecule has 0 amide bonds. The van der Waals surface area contributed by atoms with Crippen LogP contribution in [0.2, 0.25) is 0 Å². The van der Waals surface area contributed by atoms with Crippen molar-refractivity contribution in [2.45, 2.75) is 20.3 Å². The number of hydrogen-bond donors (Lipinski definition) is 1. The lowest BCUT2D eigenvalue weighted by Gasteiger charge is -2.37. The van der Waals surface area contributed by atoms with Crippen molar-refractivity contribution in [2.24, 2.45) is 11.8 Å². The summed E-state index contributed by atoms with van der Waals surface area (Å²) in [7, 11) is 1.40. The normalized spacial score (nSPS) is 23.2. The maximum absolute atomic E-state index is 11.9. The Morgan fingerprint density at radius 3 is 2.53 bits per heavy atom. The van der Waals surface area contributed by atoms with Crippen molar-refractivity contribution >= 4 is 17.3 Å². The van der Waals surface area contributed by atoms with Crippen molar-refractivity contribution in [3.05, 3.63) is 23.8 Å². The molecule has 2 atom stereocenters. The zero-order valence-electron chi connectivity index (χ0n) is 11.8. The van der Waals surface area contributed by atoms with Crippen molar-refractivity contribution in [3.63, 3.8) is 0 Å². The number of carbonyl (C=O) groups excluding carboxylic acids is 1. The van der Waals surface area contributed by atoms with Gasteiger partial charge in [0.2, 0.25) is 0 Å². The average Bonchev–Trinajstić information content (AvgIpc) is 2.36. The Balaban J connectivity index is 2.35.